The van der Waals surface area contributed by atoms with Crippen molar-refractivity contribution in [2.75, 3.05) is 49.7 Å². The fourth-order valence-corrected chi connectivity index (χ4v) is 3.09. The average molecular weight is 383 g/mol. The SMILES string of the molecule is NC(=NCc1ccc(N2CCOCC2)nc1)Nc1ccc2c(c1)OCCCO2. The quantitative estimate of drug-likeness (QED) is 0.616. The summed E-state index contributed by atoms with van der Waals surface area (Å²) in [7, 11) is 0. The van der Waals surface area contributed by atoms with E-state index < -0.39 is 0 Å². The number of ether oxygens (including phenoxy) is 3. The summed E-state index contributed by atoms with van der Waals surface area (Å²) in [5, 5.41) is 3.10. The zero-order valence-corrected chi connectivity index (χ0v) is 15.8. The second-order valence-electron chi connectivity index (χ2n) is 6.66. The van der Waals surface area contributed by atoms with Crippen molar-refractivity contribution in [2.45, 2.75) is 13.0 Å². The maximum Gasteiger partial charge on any atom is 0.193 e. The molecule has 4 rings (SSSR count). The molecule has 3 heterocycles. The van der Waals surface area contributed by atoms with Crippen LogP contribution in [0.5, 0.6) is 11.5 Å². The Labute approximate surface area is 164 Å². The minimum atomic E-state index is 0.340. The van der Waals surface area contributed by atoms with Crippen molar-refractivity contribution >= 4 is 17.5 Å². The van der Waals surface area contributed by atoms with Gasteiger partial charge in [-0.1, -0.05) is 6.07 Å². The molecule has 8 heteroatoms. The maximum atomic E-state index is 6.03. The standard InChI is InChI=1S/C20H25N5O3/c21-20(24-16-3-4-17-18(12-16)28-9-1-8-27-17)23-14-15-2-5-19(22-13-15)25-6-10-26-11-7-25/h2-5,12-13H,1,6-11,14H2,(H3,21,23,24). The van der Waals surface area contributed by atoms with Crippen LogP contribution in [-0.2, 0) is 11.3 Å². The van der Waals surface area contributed by atoms with Crippen LogP contribution in [0.25, 0.3) is 0 Å². The lowest BCUT2D eigenvalue weighted by atomic mass is 10.2. The van der Waals surface area contributed by atoms with Crippen molar-refractivity contribution in [3.8, 4) is 11.5 Å². The summed E-state index contributed by atoms with van der Waals surface area (Å²) < 4.78 is 16.7. The maximum absolute atomic E-state index is 6.03. The number of fused-ring (bicyclic) bond motifs is 1. The van der Waals surface area contributed by atoms with E-state index in [-0.39, 0.29) is 0 Å². The van der Waals surface area contributed by atoms with Crippen molar-refractivity contribution in [1.29, 1.82) is 0 Å². The van der Waals surface area contributed by atoms with E-state index in [9.17, 15) is 0 Å². The first-order valence-corrected chi connectivity index (χ1v) is 9.52. The molecule has 3 N–H and O–H groups in total. The molecule has 0 unspecified atom stereocenters. The highest BCUT2D eigenvalue weighted by atomic mass is 16.5. The third-order valence-electron chi connectivity index (χ3n) is 4.60. The van der Waals surface area contributed by atoms with Crippen molar-refractivity contribution < 1.29 is 14.2 Å². The van der Waals surface area contributed by atoms with E-state index in [0.717, 1.165) is 61.3 Å². The van der Waals surface area contributed by atoms with Crippen LogP contribution < -0.4 is 25.4 Å². The first-order chi connectivity index (χ1) is 13.8. The van der Waals surface area contributed by atoms with E-state index in [1.807, 2.05) is 36.5 Å². The number of guanidine groups is 1. The van der Waals surface area contributed by atoms with Gasteiger partial charge in [-0.3, -0.25) is 0 Å². The number of rotatable bonds is 4. The minimum absolute atomic E-state index is 0.340. The van der Waals surface area contributed by atoms with E-state index in [1.54, 1.807) is 0 Å². The minimum Gasteiger partial charge on any atom is -0.490 e. The molecule has 0 aliphatic carbocycles. The summed E-state index contributed by atoms with van der Waals surface area (Å²) in [6, 6.07) is 9.70. The van der Waals surface area contributed by atoms with Crippen LogP contribution in [0.4, 0.5) is 11.5 Å². The molecule has 0 saturated carbocycles. The molecule has 2 aromatic rings. The number of nitrogens with one attached hydrogen (secondary N) is 1. The van der Waals surface area contributed by atoms with Crippen LogP contribution in [-0.4, -0.2) is 50.5 Å². The topological polar surface area (TPSA) is 94.2 Å². The molecular formula is C20H25N5O3. The number of nitrogens with two attached hydrogens (primary N) is 1. The zero-order chi connectivity index (χ0) is 19.2. The molecule has 8 nitrogen and oxygen atoms in total. The molecule has 1 aromatic carbocycles. The molecular weight excluding hydrogens is 358 g/mol. The van der Waals surface area contributed by atoms with Gasteiger partial charge in [0, 0.05) is 37.5 Å². The van der Waals surface area contributed by atoms with Crippen molar-refractivity contribution in [1.82, 2.24) is 4.98 Å². The van der Waals surface area contributed by atoms with Gasteiger partial charge in [0.15, 0.2) is 17.5 Å². The highest BCUT2D eigenvalue weighted by Gasteiger charge is 2.12. The number of anilines is 2. The number of nitrogens with zero attached hydrogens (tertiary/aromatic N) is 3. The van der Waals surface area contributed by atoms with Gasteiger partial charge < -0.3 is 30.2 Å². The van der Waals surface area contributed by atoms with Crippen LogP contribution >= 0.6 is 0 Å². The lowest BCUT2D eigenvalue weighted by molar-refractivity contribution is 0.122. The Balaban J connectivity index is 1.35. The Kier molecular flexibility index (Phi) is 5.77. The molecule has 2 aliphatic heterocycles. The van der Waals surface area contributed by atoms with Gasteiger partial charge >= 0.3 is 0 Å². The van der Waals surface area contributed by atoms with Gasteiger partial charge in [-0.2, -0.15) is 0 Å². The zero-order valence-electron chi connectivity index (χ0n) is 15.8. The van der Waals surface area contributed by atoms with Crippen LogP contribution in [0.2, 0.25) is 0 Å². The third-order valence-corrected chi connectivity index (χ3v) is 4.60. The fraction of sp³-hybridized carbons (Fsp3) is 0.400. The third kappa shape index (κ3) is 4.64. The van der Waals surface area contributed by atoms with E-state index in [2.05, 4.69) is 20.2 Å². The van der Waals surface area contributed by atoms with E-state index in [1.165, 1.54) is 0 Å². The van der Waals surface area contributed by atoms with Gasteiger partial charge in [0.1, 0.15) is 5.82 Å². The normalized spacial score (nSPS) is 17.1. The molecule has 0 radical (unpaired) electrons. The number of morpholine rings is 1. The van der Waals surface area contributed by atoms with Crippen molar-refractivity contribution in [3.05, 3.63) is 42.1 Å². The van der Waals surface area contributed by atoms with Crippen molar-refractivity contribution in [3.63, 3.8) is 0 Å². The van der Waals surface area contributed by atoms with Crippen molar-refractivity contribution in [2.24, 2.45) is 10.7 Å². The van der Waals surface area contributed by atoms with Gasteiger partial charge in [0.2, 0.25) is 0 Å². The summed E-state index contributed by atoms with van der Waals surface area (Å²) in [5.74, 6) is 2.78. The van der Waals surface area contributed by atoms with Crippen LogP contribution in [0.1, 0.15) is 12.0 Å². The van der Waals surface area contributed by atoms with Crippen LogP contribution in [0.15, 0.2) is 41.5 Å². The Hall–Kier alpha value is -3.00. The molecule has 148 valence electrons. The number of hydrogen-bond donors (Lipinski definition) is 2. The summed E-state index contributed by atoms with van der Waals surface area (Å²) in [4.78, 5) is 11.1. The predicted octanol–water partition coefficient (Wildman–Crippen LogP) is 2.01. The molecule has 1 aromatic heterocycles. The Bertz CT molecular complexity index is 819. The van der Waals surface area contributed by atoms with E-state index in [0.29, 0.717) is 25.7 Å². The van der Waals surface area contributed by atoms with Gasteiger partial charge in [-0.15, -0.1) is 0 Å². The summed E-state index contributed by atoms with van der Waals surface area (Å²) in [6.45, 7) is 5.01. The lowest BCUT2D eigenvalue weighted by Crippen LogP contribution is -2.36. The number of pyridine rings is 1. The monoisotopic (exact) mass is 383 g/mol. The second kappa shape index (κ2) is 8.79. The largest absolute Gasteiger partial charge is 0.490 e. The fourth-order valence-electron chi connectivity index (χ4n) is 3.09. The first kappa shape index (κ1) is 18.4. The number of aromatic nitrogens is 1. The molecule has 28 heavy (non-hydrogen) atoms. The van der Waals surface area contributed by atoms with E-state index in [4.69, 9.17) is 19.9 Å². The molecule has 1 fully saturated rings. The lowest BCUT2D eigenvalue weighted by Gasteiger charge is -2.27. The number of hydrogen-bond acceptors (Lipinski definition) is 6. The molecule has 2 aliphatic rings. The highest BCUT2D eigenvalue weighted by Crippen LogP contribution is 2.32. The van der Waals surface area contributed by atoms with Gasteiger partial charge in [-0.25, -0.2) is 9.98 Å². The number of aliphatic imine (C=N–C) groups is 1. The summed E-state index contributed by atoms with van der Waals surface area (Å²) in [6.07, 6.45) is 2.72. The molecule has 0 atom stereocenters. The van der Waals surface area contributed by atoms with Gasteiger partial charge in [0.05, 0.1) is 33.0 Å². The summed E-state index contributed by atoms with van der Waals surface area (Å²) in [5.41, 5.74) is 7.84. The highest BCUT2D eigenvalue weighted by molar-refractivity contribution is 5.92. The first-order valence-electron chi connectivity index (χ1n) is 9.52. The number of benzene rings is 1. The smallest absolute Gasteiger partial charge is 0.193 e. The van der Waals surface area contributed by atoms with Gasteiger partial charge in [0.25, 0.3) is 0 Å². The molecule has 0 amide bonds. The molecule has 1 saturated heterocycles. The second-order valence-corrected chi connectivity index (χ2v) is 6.66. The van der Waals surface area contributed by atoms with E-state index >= 15 is 0 Å². The van der Waals surface area contributed by atoms with Gasteiger partial charge in [-0.05, 0) is 23.8 Å². The molecule has 0 spiro atoms. The van der Waals surface area contributed by atoms with Crippen LogP contribution in [0.3, 0.4) is 0 Å². The predicted molar refractivity (Wildman–Crippen MR) is 108 cm³/mol. The Morgan fingerprint density at radius 2 is 1.89 bits per heavy atom. The summed E-state index contributed by atoms with van der Waals surface area (Å²) >= 11 is 0. The Morgan fingerprint density at radius 1 is 1.07 bits per heavy atom. The Morgan fingerprint density at radius 3 is 2.68 bits per heavy atom. The average Bonchev–Trinajstić information content (AvgIpc) is 2.98. The van der Waals surface area contributed by atoms with Crippen LogP contribution in [0, 0.1) is 0 Å². The molecule has 0 bridgehead atoms.